The van der Waals surface area contributed by atoms with Crippen LogP contribution < -0.4 is 0 Å². The number of rotatable bonds is 6. The molecule has 0 amide bonds. The van der Waals surface area contributed by atoms with Crippen LogP contribution in [-0.4, -0.2) is 22.6 Å². The highest BCUT2D eigenvalue weighted by Crippen LogP contribution is 2.19. The molecule has 1 unspecified atom stereocenters. The van der Waals surface area contributed by atoms with Gasteiger partial charge < -0.3 is 5.11 Å². The highest BCUT2D eigenvalue weighted by molar-refractivity contribution is 7.99. The first-order valence-corrected chi connectivity index (χ1v) is 6.48. The van der Waals surface area contributed by atoms with Crippen LogP contribution in [0.2, 0.25) is 0 Å². The van der Waals surface area contributed by atoms with Gasteiger partial charge in [-0.25, -0.2) is 0 Å². The summed E-state index contributed by atoms with van der Waals surface area (Å²) < 4.78 is 0. The van der Waals surface area contributed by atoms with Crippen molar-refractivity contribution >= 4 is 23.5 Å². The average molecular weight is 252 g/mol. The van der Waals surface area contributed by atoms with Crippen molar-refractivity contribution < 1.29 is 14.7 Å². The average Bonchev–Trinajstić information content (AvgIpc) is 2.27. The molecule has 17 heavy (non-hydrogen) atoms. The SMILES string of the molecule is CCSc1ccc(CC(C(C)=O)C(=O)O)cc1. The summed E-state index contributed by atoms with van der Waals surface area (Å²) in [7, 11) is 0. The summed E-state index contributed by atoms with van der Waals surface area (Å²) in [4.78, 5) is 23.2. The lowest BCUT2D eigenvalue weighted by molar-refractivity contribution is -0.145. The van der Waals surface area contributed by atoms with E-state index in [9.17, 15) is 9.59 Å². The Morgan fingerprint density at radius 1 is 1.29 bits per heavy atom. The third kappa shape index (κ3) is 4.23. The molecule has 0 bridgehead atoms. The zero-order valence-electron chi connectivity index (χ0n) is 9.97. The Hall–Kier alpha value is -1.29. The molecule has 0 saturated heterocycles. The van der Waals surface area contributed by atoms with Gasteiger partial charge in [-0.2, -0.15) is 0 Å². The highest BCUT2D eigenvalue weighted by atomic mass is 32.2. The van der Waals surface area contributed by atoms with E-state index in [4.69, 9.17) is 5.11 Å². The van der Waals surface area contributed by atoms with Crippen LogP contribution in [0.3, 0.4) is 0 Å². The highest BCUT2D eigenvalue weighted by Gasteiger charge is 2.22. The van der Waals surface area contributed by atoms with Crippen molar-refractivity contribution in [2.24, 2.45) is 5.92 Å². The van der Waals surface area contributed by atoms with Gasteiger partial charge in [0, 0.05) is 4.90 Å². The molecule has 0 spiro atoms. The fourth-order valence-electron chi connectivity index (χ4n) is 1.53. The predicted octanol–water partition coefficient (Wildman–Crippen LogP) is 2.63. The van der Waals surface area contributed by atoms with Gasteiger partial charge in [0.25, 0.3) is 0 Å². The Labute approximate surface area is 105 Å². The lowest BCUT2D eigenvalue weighted by Crippen LogP contribution is -2.23. The van der Waals surface area contributed by atoms with Gasteiger partial charge in [0.1, 0.15) is 11.7 Å². The molecule has 0 aromatic heterocycles. The molecule has 0 saturated carbocycles. The van der Waals surface area contributed by atoms with Gasteiger partial charge in [-0.15, -0.1) is 11.8 Å². The quantitative estimate of drug-likeness (QED) is 0.624. The molecular formula is C13H16O3S. The minimum Gasteiger partial charge on any atom is -0.481 e. The normalized spacial score (nSPS) is 12.1. The number of thioether (sulfide) groups is 1. The standard InChI is InChI=1S/C13H16O3S/c1-3-17-11-6-4-10(5-7-11)8-12(9(2)14)13(15)16/h4-7,12H,3,8H2,1-2H3,(H,15,16). The summed E-state index contributed by atoms with van der Waals surface area (Å²) in [5.74, 6) is -1.28. The number of carboxylic acid groups (broad SMARTS) is 1. The number of carbonyl (C=O) groups is 2. The first-order chi connectivity index (χ1) is 8.04. The Morgan fingerprint density at radius 3 is 2.29 bits per heavy atom. The zero-order chi connectivity index (χ0) is 12.8. The van der Waals surface area contributed by atoms with Crippen LogP contribution in [0.4, 0.5) is 0 Å². The van der Waals surface area contributed by atoms with Crippen LogP contribution in [0.15, 0.2) is 29.2 Å². The molecule has 3 nitrogen and oxygen atoms in total. The topological polar surface area (TPSA) is 54.4 Å². The minimum absolute atomic E-state index is 0.266. The van der Waals surface area contributed by atoms with Crippen LogP contribution in [0, 0.1) is 5.92 Å². The van der Waals surface area contributed by atoms with E-state index < -0.39 is 11.9 Å². The Balaban J connectivity index is 2.73. The maximum Gasteiger partial charge on any atom is 0.314 e. The Kier molecular flexibility index (Phi) is 5.22. The van der Waals surface area contributed by atoms with Crippen LogP contribution in [0.25, 0.3) is 0 Å². The second kappa shape index (κ2) is 6.45. The van der Waals surface area contributed by atoms with Crippen molar-refractivity contribution in [2.75, 3.05) is 5.75 Å². The zero-order valence-corrected chi connectivity index (χ0v) is 10.8. The number of aliphatic carboxylic acids is 1. The lowest BCUT2D eigenvalue weighted by atomic mass is 9.96. The van der Waals surface area contributed by atoms with E-state index in [0.29, 0.717) is 0 Å². The largest absolute Gasteiger partial charge is 0.481 e. The molecule has 0 aliphatic carbocycles. The number of ketones is 1. The predicted molar refractivity (Wildman–Crippen MR) is 68.4 cm³/mol. The summed E-state index contributed by atoms with van der Waals surface area (Å²) in [6.45, 7) is 3.40. The number of carboxylic acids is 1. The van der Waals surface area contributed by atoms with Crippen LogP contribution in [0.5, 0.6) is 0 Å². The van der Waals surface area contributed by atoms with Gasteiger partial charge >= 0.3 is 5.97 Å². The molecule has 0 fully saturated rings. The van der Waals surface area contributed by atoms with Gasteiger partial charge in [-0.3, -0.25) is 9.59 Å². The van der Waals surface area contributed by atoms with Gasteiger partial charge in [0.15, 0.2) is 0 Å². The van der Waals surface area contributed by atoms with E-state index in [1.165, 1.54) is 6.92 Å². The fourth-order valence-corrected chi connectivity index (χ4v) is 2.19. The van der Waals surface area contributed by atoms with Crippen molar-refractivity contribution in [3.8, 4) is 0 Å². The van der Waals surface area contributed by atoms with Gasteiger partial charge in [-0.1, -0.05) is 19.1 Å². The van der Waals surface area contributed by atoms with E-state index >= 15 is 0 Å². The molecule has 1 aromatic carbocycles. The van der Waals surface area contributed by atoms with Crippen molar-refractivity contribution in [1.82, 2.24) is 0 Å². The Morgan fingerprint density at radius 2 is 1.88 bits per heavy atom. The smallest absolute Gasteiger partial charge is 0.314 e. The third-order valence-electron chi connectivity index (χ3n) is 2.46. The molecule has 0 heterocycles. The van der Waals surface area contributed by atoms with E-state index in [2.05, 4.69) is 6.92 Å². The third-order valence-corrected chi connectivity index (χ3v) is 3.36. The minimum atomic E-state index is -1.05. The van der Waals surface area contributed by atoms with E-state index in [1.54, 1.807) is 11.8 Å². The lowest BCUT2D eigenvalue weighted by Gasteiger charge is -2.09. The molecule has 0 aliphatic heterocycles. The summed E-state index contributed by atoms with van der Waals surface area (Å²) in [5, 5.41) is 8.92. The van der Waals surface area contributed by atoms with E-state index in [-0.39, 0.29) is 12.2 Å². The maximum atomic E-state index is 11.2. The molecule has 1 rings (SSSR count). The van der Waals surface area contributed by atoms with E-state index in [1.807, 2.05) is 24.3 Å². The molecule has 92 valence electrons. The Bertz CT molecular complexity index is 384. The monoisotopic (exact) mass is 252 g/mol. The molecule has 4 heteroatoms. The van der Waals surface area contributed by atoms with Crippen LogP contribution >= 0.6 is 11.8 Å². The number of Topliss-reactive ketones (excluding diaryl/α,β-unsaturated/α-hetero) is 1. The van der Waals surface area contributed by atoms with Crippen LogP contribution in [-0.2, 0) is 16.0 Å². The molecule has 0 radical (unpaired) electrons. The summed E-state index contributed by atoms with van der Waals surface area (Å²) in [6, 6.07) is 7.69. The number of hydrogen-bond acceptors (Lipinski definition) is 3. The van der Waals surface area contributed by atoms with Crippen molar-refractivity contribution in [3.05, 3.63) is 29.8 Å². The fraction of sp³-hybridized carbons (Fsp3) is 0.385. The van der Waals surface area contributed by atoms with Gasteiger partial charge in [-0.05, 0) is 36.8 Å². The second-order valence-electron chi connectivity index (χ2n) is 3.78. The molecule has 1 aromatic rings. The first kappa shape index (κ1) is 13.8. The van der Waals surface area contributed by atoms with Crippen LogP contribution in [0.1, 0.15) is 19.4 Å². The number of benzene rings is 1. The first-order valence-electron chi connectivity index (χ1n) is 5.49. The van der Waals surface area contributed by atoms with Crippen molar-refractivity contribution in [3.63, 3.8) is 0 Å². The van der Waals surface area contributed by atoms with Crippen molar-refractivity contribution in [2.45, 2.75) is 25.2 Å². The molecular weight excluding hydrogens is 236 g/mol. The number of carbonyl (C=O) groups excluding carboxylic acids is 1. The summed E-state index contributed by atoms with van der Waals surface area (Å²) in [6.07, 6.45) is 0.266. The van der Waals surface area contributed by atoms with Crippen molar-refractivity contribution in [1.29, 1.82) is 0 Å². The van der Waals surface area contributed by atoms with Gasteiger partial charge in [0.2, 0.25) is 0 Å². The van der Waals surface area contributed by atoms with E-state index in [0.717, 1.165) is 16.2 Å². The second-order valence-corrected chi connectivity index (χ2v) is 5.12. The number of hydrogen-bond donors (Lipinski definition) is 1. The molecule has 0 aliphatic rings. The summed E-state index contributed by atoms with van der Waals surface area (Å²) in [5.41, 5.74) is 0.882. The molecule has 1 atom stereocenters. The maximum absolute atomic E-state index is 11.2. The van der Waals surface area contributed by atoms with Gasteiger partial charge in [0.05, 0.1) is 0 Å². The summed E-state index contributed by atoms with van der Waals surface area (Å²) >= 11 is 1.73. The molecule has 1 N–H and O–H groups in total.